The van der Waals surface area contributed by atoms with Gasteiger partial charge in [-0.1, -0.05) is 6.92 Å². The highest BCUT2D eigenvalue weighted by Crippen LogP contribution is 2.39. The van der Waals surface area contributed by atoms with Crippen LogP contribution in [0.3, 0.4) is 0 Å². The average molecular weight is 208 g/mol. The van der Waals surface area contributed by atoms with Gasteiger partial charge >= 0.3 is 0 Å². The molecule has 0 radical (unpaired) electrons. The number of nitrogens with zero attached hydrogens (tertiary/aromatic N) is 1. The maximum Gasteiger partial charge on any atom is 0.122 e. The third-order valence-electron chi connectivity index (χ3n) is 3.43. The minimum atomic E-state index is 0.229. The molecule has 1 aromatic rings. The fourth-order valence-corrected chi connectivity index (χ4v) is 2.14. The monoisotopic (exact) mass is 208 g/mol. The van der Waals surface area contributed by atoms with Crippen molar-refractivity contribution in [1.82, 2.24) is 4.90 Å². The molecular weight excluding hydrogens is 188 g/mol. The average Bonchev–Trinajstić information content (AvgIpc) is 2.70. The molecule has 0 amide bonds. The highest BCUT2D eigenvalue weighted by atomic mass is 16.3. The molecule has 84 valence electrons. The second-order valence-electron chi connectivity index (χ2n) is 4.68. The second kappa shape index (κ2) is 4.37. The lowest BCUT2D eigenvalue weighted by molar-refractivity contribution is 0.210. The van der Waals surface area contributed by atoms with E-state index in [9.17, 15) is 0 Å². The Morgan fingerprint density at radius 3 is 2.87 bits per heavy atom. The highest BCUT2D eigenvalue weighted by molar-refractivity contribution is 5.05. The van der Waals surface area contributed by atoms with E-state index in [1.165, 1.54) is 6.42 Å². The van der Waals surface area contributed by atoms with Gasteiger partial charge in [0.1, 0.15) is 5.76 Å². The first kappa shape index (κ1) is 10.7. The molecule has 2 rings (SSSR count). The minimum Gasteiger partial charge on any atom is -0.468 e. The Bertz CT molecular complexity index is 297. The second-order valence-corrected chi connectivity index (χ2v) is 4.68. The van der Waals surface area contributed by atoms with E-state index in [0.717, 1.165) is 24.1 Å². The molecule has 0 aromatic carbocycles. The van der Waals surface area contributed by atoms with E-state index in [2.05, 4.69) is 18.9 Å². The molecule has 0 spiro atoms. The van der Waals surface area contributed by atoms with Crippen molar-refractivity contribution in [3.63, 3.8) is 0 Å². The zero-order valence-electron chi connectivity index (χ0n) is 9.52. The van der Waals surface area contributed by atoms with Crippen LogP contribution in [0.15, 0.2) is 22.8 Å². The zero-order chi connectivity index (χ0) is 10.8. The predicted molar refractivity (Wildman–Crippen MR) is 60.4 cm³/mol. The van der Waals surface area contributed by atoms with Crippen LogP contribution >= 0.6 is 0 Å². The number of hydrogen-bond acceptors (Lipinski definition) is 3. The molecule has 3 heteroatoms. The van der Waals surface area contributed by atoms with Gasteiger partial charge in [-0.15, -0.1) is 0 Å². The third-order valence-corrected chi connectivity index (χ3v) is 3.43. The van der Waals surface area contributed by atoms with E-state index in [4.69, 9.17) is 10.2 Å². The van der Waals surface area contributed by atoms with Crippen LogP contribution in [0.1, 0.15) is 25.1 Å². The first-order valence-electron chi connectivity index (χ1n) is 5.66. The topological polar surface area (TPSA) is 42.4 Å². The summed E-state index contributed by atoms with van der Waals surface area (Å²) in [4.78, 5) is 2.31. The van der Waals surface area contributed by atoms with Gasteiger partial charge in [0, 0.05) is 13.1 Å². The van der Waals surface area contributed by atoms with Crippen LogP contribution in [0.2, 0.25) is 0 Å². The van der Waals surface area contributed by atoms with Gasteiger partial charge in [-0.05, 0) is 37.4 Å². The van der Waals surface area contributed by atoms with Crippen LogP contribution < -0.4 is 5.73 Å². The van der Waals surface area contributed by atoms with Crippen molar-refractivity contribution in [3.05, 3.63) is 24.2 Å². The van der Waals surface area contributed by atoms with Crippen molar-refractivity contribution in [2.75, 3.05) is 20.1 Å². The van der Waals surface area contributed by atoms with E-state index in [1.54, 1.807) is 6.26 Å². The van der Waals surface area contributed by atoms with Gasteiger partial charge in [0.2, 0.25) is 0 Å². The summed E-state index contributed by atoms with van der Waals surface area (Å²) in [6.07, 6.45) is 3.07. The quantitative estimate of drug-likeness (QED) is 0.803. The van der Waals surface area contributed by atoms with Crippen LogP contribution in [0.4, 0.5) is 0 Å². The maximum atomic E-state index is 5.79. The van der Waals surface area contributed by atoms with Crippen LogP contribution in [0.25, 0.3) is 0 Å². The molecule has 15 heavy (non-hydrogen) atoms. The summed E-state index contributed by atoms with van der Waals surface area (Å²) in [6.45, 7) is 4.05. The van der Waals surface area contributed by atoms with Gasteiger partial charge in [-0.2, -0.15) is 0 Å². The van der Waals surface area contributed by atoms with Crippen LogP contribution in [-0.4, -0.2) is 25.0 Å². The molecular formula is C12H20N2O. The first-order chi connectivity index (χ1) is 7.22. The molecule has 2 N–H and O–H groups in total. The summed E-state index contributed by atoms with van der Waals surface area (Å²) in [6, 6.07) is 4.16. The number of rotatable bonds is 5. The van der Waals surface area contributed by atoms with Gasteiger partial charge in [0.25, 0.3) is 0 Å². The molecule has 0 bridgehead atoms. The third kappa shape index (κ3) is 2.41. The molecule has 3 nitrogen and oxygen atoms in total. The zero-order valence-corrected chi connectivity index (χ0v) is 9.52. The lowest BCUT2D eigenvalue weighted by Gasteiger charge is -2.25. The predicted octanol–water partition coefficient (Wildman–Crippen LogP) is 1.87. The van der Waals surface area contributed by atoms with Crippen molar-refractivity contribution in [3.8, 4) is 0 Å². The number of likely N-dealkylation sites (N-methyl/N-ethyl adjacent to an activating group) is 1. The van der Waals surface area contributed by atoms with Crippen LogP contribution in [-0.2, 0) is 0 Å². The molecule has 1 aliphatic carbocycles. The van der Waals surface area contributed by atoms with Crippen LogP contribution in [0.5, 0.6) is 0 Å². The Kier molecular flexibility index (Phi) is 3.12. The van der Waals surface area contributed by atoms with Crippen molar-refractivity contribution in [1.29, 1.82) is 0 Å². The first-order valence-corrected chi connectivity index (χ1v) is 5.66. The maximum absolute atomic E-state index is 5.79. The Labute approximate surface area is 91.2 Å². The molecule has 1 aromatic heterocycles. The molecule has 0 aliphatic heterocycles. The van der Waals surface area contributed by atoms with Crippen molar-refractivity contribution >= 4 is 0 Å². The van der Waals surface area contributed by atoms with Gasteiger partial charge < -0.3 is 10.2 Å². The Morgan fingerprint density at radius 2 is 2.40 bits per heavy atom. The van der Waals surface area contributed by atoms with Crippen molar-refractivity contribution in [2.24, 2.45) is 17.6 Å². The van der Waals surface area contributed by atoms with Gasteiger partial charge in [0.15, 0.2) is 0 Å². The molecule has 1 fully saturated rings. The van der Waals surface area contributed by atoms with E-state index >= 15 is 0 Å². The molecule has 1 heterocycles. The summed E-state index contributed by atoms with van der Waals surface area (Å²) >= 11 is 0. The van der Waals surface area contributed by atoms with E-state index in [0.29, 0.717) is 6.54 Å². The minimum absolute atomic E-state index is 0.229. The standard InChI is InChI=1S/C12H20N2O/c1-9-6-10(9)8-14(2)11(7-13)12-4-3-5-15-12/h3-5,9-11H,6-8,13H2,1-2H3. The van der Waals surface area contributed by atoms with Crippen LogP contribution in [0, 0.1) is 11.8 Å². The van der Waals surface area contributed by atoms with E-state index in [-0.39, 0.29) is 6.04 Å². The summed E-state index contributed by atoms with van der Waals surface area (Å²) in [7, 11) is 2.13. The smallest absolute Gasteiger partial charge is 0.122 e. The number of nitrogens with two attached hydrogens (primary N) is 1. The Balaban J connectivity index is 1.94. The van der Waals surface area contributed by atoms with Gasteiger partial charge in [0.05, 0.1) is 12.3 Å². The summed E-state index contributed by atoms with van der Waals surface area (Å²) in [5.74, 6) is 2.73. The fraction of sp³-hybridized carbons (Fsp3) is 0.667. The molecule has 1 aliphatic rings. The largest absolute Gasteiger partial charge is 0.468 e. The van der Waals surface area contributed by atoms with Crippen molar-refractivity contribution in [2.45, 2.75) is 19.4 Å². The Morgan fingerprint density at radius 1 is 1.67 bits per heavy atom. The normalized spacial score (nSPS) is 26.9. The fourth-order valence-electron chi connectivity index (χ4n) is 2.14. The van der Waals surface area contributed by atoms with Crippen molar-refractivity contribution < 1.29 is 4.42 Å². The summed E-state index contributed by atoms with van der Waals surface area (Å²) < 4.78 is 5.41. The van der Waals surface area contributed by atoms with E-state index in [1.807, 2.05) is 12.1 Å². The highest BCUT2D eigenvalue weighted by Gasteiger charge is 2.34. The van der Waals surface area contributed by atoms with E-state index < -0.39 is 0 Å². The SMILES string of the molecule is CC1CC1CN(C)C(CN)c1ccco1. The van der Waals surface area contributed by atoms with Gasteiger partial charge in [-0.3, -0.25) is 4.90 Å². The molecule has 3 atom stereocenters. The summed E-state index contributed by atoms with van der Waals surface area (Å²) in [5.41, 5.74) is 5.79. The Hall–Kier alpha value is -0.800. The van der Waals surface area contributed by atoms with Gasteiger partial charge in [-0.25, -0.2) is 0 Å². The lowest BCUT2D eigenvalue weighted by Crippen LogP contribution is -2.32. The molecule has 1 saturated carbocycles. The molecule has 0 saturated heterocycles. The molecule has 3 unspecified atom stereocenters. The summed E-state index contributed by atoms with van der Waals surface area (Å²) in [5, 5.41) is 0. The number of furan rings is 1. The lowest BCUT2D eigenvalue weighted by atomic mass is 10.2. The number of hydrogen-bond donors (Lipinski definition) is 1.